The average Bonchev–Trinajstić information content (AvgIpc) is 3.37. The molecule has 1 aliphatic carbocycles. The Labute approximate surface area is 142 Å². The quantitative estimate of drug-likeness (QED) is 0.934. The van der Waals surface area contributed by atoms with Crippen LogP contribution in [0.15, 0.2) is 18.3 Å². The third-order valence-corrected chi connectivity index (χ3v) is 5.95. The third-order valence-electron chi connectivity index (χ3n) is 5.95. The molecule has 2 fully saturated rings. The molecule has 0 amide bonds. The van der Waals surface area contributed by atoms with Gasteiger partial charge in [0.2, 0.25) is 0 Å². The minimum Gasteiger partial charge on any atom is -0.478 e. The van der Waals surface area contributed by atoms with Crippen LogP contribution >= 0.6 is 0 Å². The van der Waals surface area contributed by atoms with E-state index < -0.39 is 5.97 Å². The zero-order valence-corrected chi connectivity index (χ0v) is 14.4. The molecule has 2 aliphatic rings. The summed E-state index contributed by atoms with van der Waals surface area (Å²) in [6.45, 7) is 6.50. The monoisotopic (exact) mass is 327 g/mol. The Balaban J connectivity index is 1.66. The number of carbonyl (C=O) groups is 1. The molecular formula is C19H25N3O2. The summed E-state index contributed by atoms with van der Waals surface area (Å²) in [5.74, 6) is -0.280. The standard InChI is InChI=1S/C19H25N3O2/c1-12(14-7-10-21(11-8-14)15-5-6-15)22-13(2)17(19(23)24)16-4-3-9-20-18(16)22/h3-4,9,12,14-15H,5-8,10-11H2,1-2H3,(H,23,24). The minimum atomic E-state index is -0.861. The molecule has 2 aromatic rings. The van der Waals surface area contributed by atoms with Gasteiger partial charge in [0.1, 0.15) is 5.65 Å². The first-order chi connectivity index (χ1) is 11.6. The van der Waals surface area contributed by atoms with Crippen LogP contribution in [0.4, 0.5) is 0 Å². The molecule has 0 spiro atoms. The first-order valence-corrected chi connectivity index (χ1v) is 9.00. The zero-order valence-electron chi connectivity index (χ0n) is 14.4. The highest BCUT2D eigenvalue weighted by molar-refractivity contribution is 6.04. The fraction of sp³-hybridized carbons (Fsp3) is 0.579. The van der Waals surface area contributed by atoms with Gasteiger partial charge in [-0.15, -0.1) is 0 Å². The summed E-state index contributed by atoms with van der Waals surface area (Å²) in [7, 11) is 0. The number of carboxylic acids is 1. The van der Waals surface area contributed by atoms with Crippen molar-refractivity contribution in [2.75, 3.05) is 13.1 Å². The van der Waals surface area contributed by atoms with E-state index >= 15 is 0 Å². The lowest BCUT2D eigenvalue weighted by atomic mass is 9.90. The van der Waals surface area contributed by atoms with Crippen LogP contribution in [0.5, 0.6) is 0 Å². The molecule has 1 unspecified atom stereocenters. The lowest BCUT2D eigenvalue weighted by Gasteiger charge is -2.36. The Morgan fingerprint density at radius 3 is 2.62 bits per heavy atom. The van der Waals surface area contributed by atoms with Gasteiger partial charge in [-0.2, -0.15) is 0 Å². The molecule has 0 radical (unpaired) electrons. The van der Waals surface area contributed by atoms with Gasteiger partial charge in [-0.1, -0.05) is 0 Å². The number of piperidine rings is 1. The van der Waals surface area contributed by atoms with E-state index in [9.17, 15) is 9.90 Å². The van der Waals surface area contributed by atoms with Gasteiger partial charge in [0, 0.05) is 29.4 Å². The predicted molar refractivity (Wildman–Crippen MR) is 93.5 cm³/mol. The molecule has 3 heterocycles. The second-order valence-corrected chi connectivity index (χ2v) is 7.36. The molecule has 1 saturated carbocycles. The molecule has 1 atom stereocenters. The van der Waals surface area contributed by atoms with Crippen molar-refractivity contribution in [1.29, 1.82) is 0 Å². The van der Waals surface area contributed by atoms with E-state index in [-0.39, 0.29) is 6.04 Å². The fourth-order valence-electron chi connectivity index (χ4n) is 4.44. The van der Waals surface area contributed by atoms with E-state index in [1.807, 2.05) is 19.1 Å². The summed E-state index contributed by atoms with van der Waals surface area (Å²) in [5, 5.41) is 10.4. The van der Waals surface area contributed by atoms with Crippen LogP contribution in [-0.2, 0) is 0 Å². The number of aromatic nitrogens is 2. The number of carboxylic acid groups (broad SMARTS) is 1. The Morgan fingerprint density at radius 2 is 2.00 bits per heavy atom. The van der Waals surface area contributed by atoms with Gasteiger partial charge in [0.05, 0.1) is 5.56 Å². The highest BCUT2D eigenvalue weighted by Crippen LogP contribution is 2.37. The van der Waals surface area contributed by atoms with Crippen molar-refractivity contribution in [3.05, 3.63) is 29.6 Å². The number of hydrogen-bond donors (Lipinski definition) is 1. The molecule has 1 N–H and O–H groups in total. The molecule has 1 aliphatic heterocycles. The van der Waals surface area contributed by atoms with Crippen molar-refractivity contribution in [1.82, 2.24) is 14.5 Å². The van der Waals surface area contributed by atoms with Crippen LogP contribution in [-0.4, -0.2) is 44.7 Å². The predicted octanol–water partition coefficient (Wildman–Crippen LogP) is 3.48. The minimum absolute atomic E-state index is 0.275. The first kappa shape index (κ1) is 15.6. The Kier molecular flexibility index (Phi) is 3.83. The van der Waals surface area contributed by atoms with E-state index in [4.69, 9.17) is 0 Å². The van der Waals surface area contributed by atoms with Crippen LogP contribution in [0.2, 0.25) is 0 Å². The number of aromatic carboxylic acids is 1. The summed E-state index contributed by atoms with van der Waals surface area (Å²) in [6.07, 6.45) is 6.87. The normalized spacial score (nSPS) is 21.2. The topological polar surface area (TPSA) is 58.4 Å². The van der Waals surface area contributed by atoms with Gasteiger partial charge in [-0.05, 0) is 70.7 Å². The fourth-order valence-corrected chi connectivity index (χ4v) is 4.44. The molecule has 128 valence electrons. The SMILES string of the molecule is Cc1c(C(=O)O)c2cccnc2n1C(C)C1CCN(C2CC2)CC1. The van der Waals surface area contributed by atoms with E-state index in [1.165, 1.54) is 38.8 Å². The average molecular weight is 327 g/mol. The lowest BCUT2D eigenvalue weighted by Crippen LogP contribution is -2.37. The van der Waals surface area contributed by atoms with Crippen LogP contribution in [0.1, 0.15) is 54.7 Å². The molecule has 5 heteroatoms. The molecule has 1 saturated heterocycles. The highest BCUT2D eigenvalue weighted by Gasteiger charge is 2.34. The Morgan fingerprint density at radius 1 is 1.29 bits per heavy atom. The van der Waals surface area contributed by atoms with E-state index in [1.54, 1.807) is 6.20 Å². The highest BCUT2D eigenvalue weighted by atomic mass is 16.4. The second-order valence-electron chi connectivity index (χ2n) is 7.36. The lowest BCUT2D eigenvalue weighted by molar-refractivity contribution is 0.0697. The third kappa shape index (κ3) is 2.51. The molecule has 5 nitrogen and oxygen atoms in total. The van der Waals surface area contributed by atoms with Crippen molar-refractivity contribution in [2.24, 2.45) is 5.92 Å². The van der Waals surface area contributed by atoms with Crippen molar-refractivity contribution in [2.45, 2.75) is 51.6 Å². The van der Waals surface area contributed by atoms with Gasteiger partial charge in [-0.3, -0.25) is 0 Å². The zero-order chi connectivity index (χ0) is 16.8. The van der Waals surface area contributed by atoms with Gasteiger partial charge >= 0.3 is 5.97 Å². The smallest absolute Gasteiger partial charge is 0.338 e. The summed E-state index contributed by atoms with van der Waals surface area (Å²) in [4.78, 5) is 18.9. The van der Waals surface area contributed by atoms with E-state index in [0.29, 0.717) is 11.5 Å². The summed E-state index contributed by atoms with van der Waals surface area (Å²) >= 11 is 0. The largest absolute Gasteiger partial charge is 0.478 e. The van der Waals surface area contributed by atoms with E-state index in [0.717, 1.165) is 22.8 Å². The summed E-state index contributed by atoms with van der Waals surface area (Å²) in [5.41, 5.74) is 2.04. The maximum Gasteiger partial charge on any atom is 0.338 e. The van der Waals surface area contributed by atoms with Gasteiger partial charge in [0.15, 0.2) is 0 Å². The van der Waals surface area contributed by atoms with Crippen molar-refractivity contribution in [3.8, 4) is 0 Å². The summed E-state index contributed by atoms with van der Waals surface area (Å²) in [6, 6.07) is 4.81. The van der Waals surface area contributed by atoms with Gasteiger partial charge in [0.25, 0.3) is 0 Å². The Hall–Kier alpha value is -1.88. The molecule has 0 bridgehead atoms. The van der Waals surface area contributed by atoms with Crippen LogP contribution in [0, 0.1) is 12.8 Å². The first-order valence-electron chi connectivity index (χ1n) is 9.00. The van der Waals surface area contributed by atoms with E-state index in [2.05, 4.69) is 21.4 Å². The molecule has 0 aromatic carbocycles. The van der Waals surface area contributed by atoms with Crippen molar-refractivity contribution in [3.63, 3.8) is 0 Å². The second kappa shape index (κ2) is 5.88. The molecule has 24 heavy (non-hydrogen) atoms. The van der Waals surface area contributed by atoms with Crippen LogP contribution in [0.3, 0.4) is 0 Å². The number of fused-ring (bicyclic) bond motifs is 1. The van der Waals surface area contributed by atoms with Crippen molar-refractivity contribution < 1.29 is 9.90 Å². The van der Waals surface area contributed by atoms with Gasteiger partial charge in [-0.25, -0.2) is 9.78 Å². The van der Waals surface area contributed by atoms with Crippen molar-refractivity contribution >= 4 is 17.0 Å². The maximum atomic E-state index is 11.7. The van der Waals surface area contributed by atoms with Crippen LogP contribution in [0.25, 0.3) is 11.0 Å². The number of rotatable bonds is 4. The molecule has 4 rings (SSSR count). The number of pyridine rings is 1. The molecular weight excluding hydrogens is 302 g/mol. The number of nitrogens with zero attached hydrogens (tertiary/aromatic N) is 3. The summed E-state index contributed by atoms with van der Waals surface area (Å²) < 4.78 is 2.16. The van der Waals surface area contributed by atoms with Crippen LogP contribution < -0.4 is 0 Å². The van der Waals surface area contributed by atoms with Gasteiger partial charge < -0.3 is 14.6 Å². The number of hydrogen-bond acceptors (Lipinski definition) is 3. The maximum absolute atomic E-state index is 11.7. The molecule has 2 aromatic heterocycles. The number of likely N-dealkylation sites (tertiary alicyclic amines) is 1. The Bertz CT molecular complexity index is 770.